The second-order valence-corrected chi connectivity index (χ2v) is 6.86. The molecular weight excluding hydrogens is 354 g/mol. The number of benzene rings is 4. The van der Waals surface area contributed by atoms with Crippen molar-refractivity contribution in [2.24, 2.45) is 0 Å². The average Bonchev–Trinajstić information content (AvgIpc) is 2.79. The van der Waals surface area contributed by atoms with Gasteiger partial charge in [0, 0.05) is 11.3 Å². The number of hydrogen-bond acceptors (Lipinski definition) is 2. The van der Waals surface area contributed by atoms with Gasteiger partial charge in [-0.2, -0.15) is 0 Å². The van der Waals surface area contributed by atoms with Gasteiger partial charge in [0.15, 0.2) is 0 Å². The molecule has 0 aliphatic heterocycles. The Labute approximate surface area is 171 Å². The summed E-state index contributed by atoms with van der Waals surface area (Å²) in [5.74, 6) is 0.862. The number of anilines is 1. The fourth-order valence-corrected chi connectivity index (χ4v) is 3.40. The van der Waals surface area contributed by atoms with E-state index in [0.717, 1.165) is 39.3 Å². The van der Waals surface area contributed by atoms with Crippen LogP contribution in [0, 0.1) is 0 Å². The SMILES string of the molecule is COc1ccc(-c2ccc(C=C(c3ccccc3)c3ccccc3N)cc2)cc1. The highest BCUT2D eigenvalue weighted by atomic mass is 16.5. The lowest BCUT2D eigenvalue weighted by atomic mass is 9.94. The van der Waals surface area contributed by atoms with Gasteiger partial charge in [-0.25, -0.2) is 0 Å². The number of para-hydroxylation sites is 1. The van der Waals surface area contributed by atoms with Crippen molar-refractivity contribution in [2.75, 3.05) is 12.8 Å². The van der Waals surface area contributed by atoms with Crippen molar-refractivity contribution in [2.45, 2.75) is 0 Å². The third kappa shape index (κ3) is 4.22. The van der Waals surface area contributed by atoms with Gasteiger partial charge in [0.2, 0.25) is 0 Å². The standard InChI is InChI=1S/C27H23NO/c1-29-24-17-15-22(16-18-24)21-13-11-20(12-14-21)19-26(23-7-3-2-4-8-23)25-9-5-6-10-27(25)28/h2-19H,28H2,1H3. The Morgan fingerprint density at radius 3 is 1.90 bits per heavy atom. The number of nitrogen functional groups attached to an aromatic ring is 1. The van der Waals surface area contributed by atoms with Gasteiger partial charge in [-0.15, -0.1) is 0 Å². The molecule has 2 N–H and O–H groups in total. The molecule has 0 saturated heterocycles. The minimum absolute atomic E-state index is 0.775. The lowest BCUT2D eigenvalue weighted by molar-refractivity contribution is 0.415. The maximum Gasteiger partial charge on any atom is 0.118 e. The molecule has 0 saturated carbocycles. The summed E-state index contributed by atoms with van der Waals surface area (Å²) in [4.78, 5) is 0. The topological polar surface area (TPSA) is 35.2 Å². The largest absolute Gasteiger partial charge is 0.497 e. The van der Waals surface area contributed by atoms with E-state index in [1.165, 1.54) is 5.56 Å². The maximum absolute atomic E-state index is 6.29. The van der Waals surface area contributed by atoms with E-state index >= 15 is 0 Å². The second kappa shape index (κ2) is 8.49. The number of rotatable bonds is 5. The summed E-state index contributed by atoms with van der Waals surface area (Å²) < 4.78 is 5.24. The Morgan fingerprint density at radius 1 is 0.690 bits per heavy atom. The van der Waals surface area contributed by atoms with Gasteiger partial charge >= 0.3 is 0 Å². The van der Waals surface area contributed by atoms with Crippen molar-refractivity contribution < 1.29 is 4.74 Å². The van der Waals surface area contributed by atoms with Crippen LogP contribution in [0.25, 0.3) is 22.8 Å². The number of hydrogen-bond donors (Lipinski definition) is 1. The number of ether oxygens (including phenoxy) is 1. The van der Waals surface area contributed by atoms with Crippen LogP contribution in [-0.4, -0.2) is 7.11 Å². The third-order valence-electron chi connectivity index (χ3n) is 4.98. The first-order valence-corrected chi connectivity index (χ1v) is 9.61. The van der Waals surface area contributed by atoms with Crippen molar-refractivity contribution in [3.8, 4) is 16.9 Å². The molecule has 4 rings (SSSR count). The van der Waals surface area contributed by atoms with Gasteiger partial charge in [0.1, 0.15) is 5.75 Å². The molecule has 0 unspecified atom stereocenters. The zero-order valence-corrected chi connectivity index (χ0v) is 16.4. The fourth-order valence-electron chi connectivity index (χ4n) is 3.40. The van der Waals surface area contributed by atoms with Crippen LogP contribution in [0.1, 0.15) is 16.7 Å². The summed E-state index contributed by atoms with van der Waals surface area (Å²) in [6.07, 6.45) is 2.19. The van der Waals surface area contributed by atoms with E-state index in [-0.39, 0.29) is 0 Å². The zero-order chi connectivity index (χ0) is 20.1. The summed E-state index contributed by atoms with van der Waals surface area (Å²) in [6.45, 7) is 0. The van der Waals surface area contributed by atoms with E-state index in [9.17, 15) is 0 Å². The Balaban J connectivity index is 1.72. The van der Waals surface area contributed by atoms with Crippen molar-refractivity contribution in [3.63, 3.8) is 0 Å². The number of methoxy groups -OCH3 is 1. The highest BCUT2D eigenvalue weighted by molar-refractivity contribution is 5.95. The lowest BCUT2D eigenvalue weighted by Crippen LogP contribution is -1.95. The Hall–Kier alpha value is -3.78. The monoisotopic (exact) mass is 377 g/mol. The van der Waals surface area contributed by atoms with Gasteiger partial charge in [0.05, 0.1) is 7.11 Å². The second-order valence-electron chi connectivity index (χ2n) is 6.86. The van der Waals surface area contributed by atoms with Gasteiger partial charge < -0.3 is 10.5 Å². The van der Waals surface area contributed by atoms with Crippen LogP contribution >= 0.6 is 0 Å². The molecule has 0 fully saturated rings. The predicted octanol–water partition coefficient (Wildman–Crippen LogP) is 6.53. The molecule has 0 bridgehead atoms. The molecule has 2 nitrogen and oxygen atoms in total. The molecule has 0 radical (unpaired) electrons. The molecule has 0 aliphatic rings. The first-order chi connectivity index (χ1) is 14.2. The molecule has 0 aliphatic carbocycles. The average molecular weight is 377 g/mol. The molecule has 0 heterocycles. The van der Waals surface area contributed by atoms with Crippen LogP contribution < -0.4 is 10.5 Å². The summed E-state index contributed by atoms with van der Waals surface area (Å²) in [7, 11) is 1.68. The molecule has 0 aromatic heterocycles. The molecule has 0 spiro atoms. The fraction of sp³-hybridized carbons (Fsp3) is 0.0370. The Morgan fingerprint density at radius 2 is 1.28 bits per heavy atom. The number of nitrogens with two attached hydrogens (primary N) is 1. The van der Waals surface area contributed by atoms with Crippen LogP contribution in [-0.2, 0) is 0 Å². The van der Waals surface area contributed by atoms with Crippen LogP contribution in [0.5, 0.6) is 5.75 Å². The normalized spacial score (nSPS) is 11.3. The molecule has 0 amide bonds. The summed E-state index contributed by atoms with van der Waals surface area (Å²) >= 11 is 0. The minimum atomic E-state index is 0.775. The van der Waals surface area contributed by atoms with E-state index in [2.05, 4.69) is 72.8 Å². The molecule has 29 heavy (non-hydrogen) atoms. The summed E-state index contributed by atoms with van der Waals surface area (Å²) in [6, 6.07) is 35.0. The quantitative estimate of drug-likeness (QED) is 0.317. The van der Waals surface area contributed by atoms with Crippen molar-refractivity contribution in [3.05, 3.63) is 120 Å². The van der Waals surface area contributed by atoms with E-state index in [0.29, 0.717) is 0 Å². The van der Waals surface area contributed by atoms with E-state index < -0.39 is 0 Å². The van der Waals surface area contributed by atoms with E-state index in [1.54, 1.807) is 7.11 Å². The minimum Gasteiger partial charge on any atom is -0.497 e. The predicted molar refractivity (Wildman–Crippen MR) is 123 cm³/mol. The Bertz CT molecular complexity index is 1110. The van der Waals surface area contributed by atoms with Gasteiger partial charge in [-0.05, 0) is 52.1 Å². The molecule has 4 aromatic rings. The van der Waals surface area contributed by atoms with Crippen LogP contribution in [0.3, 0.4) is 0 Å². The van der Waals surface area contributed by atoms with Crippen LogP contribution in [0.15, 0.2) is 103 Å². The maximum atomic E-state index is 6.29. The first kappa shape index (κ1) is 18.6. The van der Waals surface area contributed by atoms with Crippen molar-refractivity contribution in [1.29, 1.82) is 0 Å². The molecule has 2 heteroatoms. The molecule has 0 atom stereocenters. The van der Waals surface area contributed by atoms with Gasteiger partial charge in [-0.3, -0.25) is 0 Å². The third-order valence-corrected chi connectivity index (χ3v) is 4.98. The molecular formula is C27H23NO. The van der Waals surface area contributed by atoms with Crippen molar-refractivity contribution >= 4 is 17.3 Å². The molecule has 4 aromatic carbocycles. The van der Waals surface area contributed by atoms with Crippen molar-refractivity contribution in [1.82, 2.24) is 0 Å². The molecule has 142 valence electrons. The lowest BCUT2D eigenvalue weighted by Gasteiger charge is -2.12. The van der Waals surface area contributed by atoms with Crippen LogP contribution in [0.2, 0.25) is 0 Å². The van der Waals surface area contributed by atoms with E-state index in [4.69, 9.17) is 10.5 Å². The van der Waals surface area contributed by atoms with Gasteiger partial charge in [-0.1, -0.05) is 84.9 Å². The zero-order valence-electron chi connectivity index (χ0n) is 16.4. The highest BCUT2D eigenvalue weighted by Gasteiger charge is 2.08. The summed E-state index contributed by atoms with van der Waals surface area (Å²) in [5.41, 5.74) is 13.8. The van der Waals surface area contributed by atoms with Crippen LogP contribution in [0.4, 0.5) is 5.69 Å². The Kier molecular flexibility index (Phi) is 5.44. The van der Waals surface area contributed by atoms with Gasteiger partial charge in [0.25, 0.3) is 0 Å². The van der Waals surface area contributed by atoms with E-state index in [1.807, 2.05) is 36.4 Å². The smallest absolute Gasteiger partial charge is 0.118 e. The summed E-state index contributed by atoms with van der Waals surface area (Å²) in [5, 5.41) is 0. The first-order valence-electron chi connectivity index (χ1n) is 9.61. The highest BCUT2D eigenvalue weighted by Crippen LogP contribution is 2.30.